The maximum absolute atomic E-state index is 8.31. The van der Waals surface area contributed by atoms with E-state index in [4.69, 9.17) is 9.84 Å². The average Bonchev–Trinajstić information content (AvgIpc) is 1.31. The standard InChI is InChI=1S/C4H8O2/c5-1-4-2-6-3-4/h4-5H,1-3H2. The highest BCUT2D eigenvalue weighted by molar-refractivity contribution is 4.61. The second kappa shape index (κ2) is 1.58. The molecule has 1 fully saturated rings. The summed E-state index contributed by atoms with van der Waals surface area (Å²) >= 11 is 0. The molecule has 0 radical (unpaired) electrons. The van der Waals surface area contributed by atoms with E-state index in [1.54, 1.807) is 0 Å². The summed E-state index contributed by atoms with van der Waals surface area (Å²) in [5.74, 6) is 0.449. The normalized spacial score (nSPS) is 23.5. The van der Waals surface area contributed by atoms with Crippen molar-refractivity contribution in [3.8, 4) is 0 Å². The van der Waals surface area contributed by atoms with Crippen molar-refractivity contribution in [2.45, 2.75) is 0 Å². The summed E-state index contributed by atoms with van der Waals surface area (Å²) in [5, 5.41) is 8.31. The molecule has 1 aliphatic rings. The molecule has 2 heteroatoms. The Hall–Kier alpha value is -0.0800. The summed E-state index contributed by atoms with van der Waals surface area (Å²) in [6, 6.07) is 0. The predicted octanol–water partition coefficient (Wildman–Crippen LogP) is -0.375. The molecule has 1 heterocycles. The molecular formula is C4H8O2. The third-order valence-electron chi connectivity index (χ3n) is 0.965. The van der Waals surface area contributed by atoms with Gasteiger partial charge in [-0.15, -0.1) is 0 Å². The molecule has 0 spiro atoms. The molecular weight excluding hydrogens is 80.0 g/mol. The van der Waals surface area contributed by atoms with Crippen LogP contribution in [0.25, 0.3) is 0 Å². The average molecular weight is 88.1 g/mol. The highest BCUT2D eigenvalue weighted by Gasteiger charge is 2.15. The second-order valence-corrected chi connectivity index (χ2v) is 1.59. The van der Waals surface area contributed by atoms with E-state index < -0.39 is 0 Å². The first-order valence-corrected chi connectivity index (χ1v) is 2.12. The first kappa shape index (κ1) is 4.09. The topological polar surface area (TPSA) is 29.5 Å². The highest BCUT2D eigenvalue weighted by atomic mass is 16.5. The smallest absolute Gasteiger partial charge is 0.0538 e. The summed E-state index contributed by atoms with van der Waals surface area (Å²) in [4.78, 5) is 0. The lowest BCUT2D eigenvalue weighted by Gasteiger charge is -2.22. The Bertz CT molecular complexity index is 38.1. The van der Waals surface area contributed by atoms with Crippen molar-refractivity contribution in [2.24, 2.45) is 5.92 Å². The summed E-state index contributed by atoms with van der Waals surface area (Å²) in [6.07, 6.45) is 0. The Morgan fingerprint density at radius 1 is 1.67 bits per heavy atom. The molecule has 1 N–H and O–H groups in total. The molecule has 0 bridgehead atoms. The first-order chi connectivity index (χ1) is 2.93. The van der Waals surface area contributed by atoms with Gasteiger partial charge in [-0.05, 0) is 0 Å². The molecule has 1 aliphatic heterocycles. The van der Waals surface area contributed by atoms with Crippen LogP contribution in [0.15, 0.2) is 0 Å². The third-order valence-corrected chi connectivity index (χ3v) is 0.965. The third kappa shape index (κ3) is 0.533. The molecule has 0 saturated carbocycles. The van der Waals surface area contributed by atoms with Crippen LogP contribution < -0.4 is 0 Å². The molecule has 36 valence electrons. The number of aliphatic hydroxyl groups excluding tert-OH is 1. The lowest BCUT2D eigenvalue weighted by molar-refractivity contribution is -0.0554. The van der Waals surface area contributed by atoms with Crippen molar-refractivity contribution in [3.63, 3.8) is 0 Å². The van der Waals surface area contributed by atoms with Crippen molar-refractivity contribution >= 4 is 0 Å². The number of hydrogen-bond donors (Lipinski definition) is 1. The first-order valence-electron chi connectivity index (χ1n) is 2.12. The van der Waals surface area contributed by atoms with E-state index >= 15 is 0 Å². The lowest BCUT2D eigenvalue weighted by atomic mass is 10.1. The maximum Gasteiger partial charge on any atom is 0.0538 e. The minimum absolute atomic E-state index is 0.292. The van der Waals surface area contributed by atoms with Crippen molar-refractivity contribution in [1.29, 1.82) is 0 Å². The Labute approximate surface area is 36.7 Å². The van der Waals surface area contributed by atoms with Gasteiger partial charge in [0.25, 0.3) is 0 Å². The Kier molecular flexibility index (Phi) is 1.08. The van der Waals surface area contributed by atoms with E-state index in [9.17, 15) is 0 Å². The number of ether oxygens (including phenoxy) is 1. The monoisotopic (exact) mass is 88.1 g/mol. The molecule has 0 aliphatic carbocycles. The fraction of sp³-hybridized carbons (Fsp3) is 1.00. The lowest BCUT2D eigenvalue weighted by Crippen LogP contribution is -2.30. The summed E-state index contributed by atoms with van der Waals surface area (Å²) < 4.78 is 4.77. The van der Waals surface area contributed by atoms with Gasteiger partial charge in [0.15, 0.2) is 0 Å². The van der Waals surface area contributed by atoms with Crippen LogP contribution in [0.1, 0.15) is 0 Å². The van der Waals surface area contributed by atoms with Gasteiger partial charge in [0.05, 0.1) is 19.8 Å². The van der Waals surface area contributed by atoms with Crippen LogP contribution in [0.4, 0.5) is 0 Å². The van der Waals surface area contributed by atoms with Crippen molar-refractivity contribution in [3.05, 3.63) is 0 Å². The van der Waals surface area contributed by atoms with E-state index in [0.29, 0.717) is 12.5 Å². The SMILES string of the molecule is OCC1COC1. The quantitative estimate of drug-likeness (QED) is 0.473. The zero-order valence-corrected chi connectivity index (χ0v) is 3.55. The van der Waals surface area contributed by atoms with Crippen LogP contribution in [0, 0.1) is 5.92 Å². The molecule has 6 heavy (non-hydrogen) atoms. The molecule has 0 aromatic carbocycles. The van der Waals surface area contributed by atoms with E-state index in [0.717, 1.165) is 13.2 Å². The van der Waals surface area contributed by atoms with Gasteiger partial charge in [-0.2, -0.15) is 0 Å². The minimum atomic E-state index is 0.292. The van der Waals surface area contributed by atoms with Gasteiger partial charge in [0.2, 0.25) is 0 Å². The van der Waals surface area contributed by atoms with Gasteiger partial charge in [-0.1, -0.05) is 0 Å². The zero-order chi connectivity index (χ0) is 4.41. The van der Waals surface area contributed by atoms with E-state index in [1.165, 1.54) is 0 Å². The fourth-order valence-electron chi connectivity index (χ4n) is 0.390. The number of aliphatic hydroxyl groups is 1. The van der Waals surface area contributed by atoms with Gasteiger partial charge >= 0.3 is 0 Å². The molecule has 0 unspecified atom stereocenters. The number of hydrogen-bond acceptors (Lipinski definition) is 2. The largest absolute Gasteiger partial charge is 0.396 e. The Morgan fingerprint density at radius 3 is 2.33 bits per heavy atom. The van der Waals surface area contributed by atoms with Crippen molar-refractivity contribution in [1.82, 2.24) is 0 Å². The Morgan fingerprint density at radius 2 is 2.33 bits per heavy atom. The van der Waals surface area contributed by atoms with Crippen molar-refractivity contribution in [2.75, 3.05) is 19.8 Å². The summed E-state index contributed by atoms with van der Waals surface area (Å²) in [7, 11) is 0. The molecule has 0 aromatic heterocycles. The van der Waals surface area contributed by atoms with Gasteiger partial charge in [-0.25, -0.2) is 0 Å². The van der Waals surface area contributed by atoms with E-state index in [-0.39, 0.29) is 0 Å². The van der Waals surface area contributed by atoms with E-state index in [2.05, 4.69) is 0 Å². The maximum atomic E-state index is 8.31. The van der Waals surface area contributed by atoms with Gasteiger partial charge in [-0.3, -0.25) is 0 Å². The zero-order valence-electron chi connectivity index (χ0n) is 3.55. The molecule has 0 atom stereocenters. The van der Waals surface area contributed by atoms with Crippen LogP contribution >= 0.6 is 0 Å². The summed E-state index contributed by atoms with van der Waals surface area (Å²) in [5.41, 5.74) is 0. The number of rotatable bonds is 1. The molecule has 1 rings (SSSR count). The van der Waals surface area contributed by atoms with Crippen LogP contribution in [0.5, 0.6) is 0 Å². The van der Waals surface area contributed by atoms with Gasteiger partial charge in [0.1, 0.15) is 0 Å². The van der Waals surface area contributed by atoms with Gasteiger partial charge < -0.3 is 9.84 Å². The van der Waals surface area contributed by atoms with Crippen molar-refractivity contribution < 1.29 is 9.84 Å². The molecule has 0 amide bonds. The van der Waals surface area contributed by atoms with Crippen LogP contribution in [-0.2, 0) is 4.74 Å². The van der Waals surface area contributed by atoms with Crippen LogP contribution in [-0.4, -0.2) is 24.9 Å². The minimum Gasteiger partial charge on any atom is -0.396 e. The fourth-order valence-corrected chi connectivity index (χ4v) is 0.390. The molecule has 1 saturated heterocycles. The van der Waals surface area contributed by atoms with Gasteiger partial charge in [0, 0.05) is 5.92 Å². The second-order valence-electron chi connectivity index (χ2n) is 1.59. The molecule has 0 aromatic rings. The van der Waals surface area contributed by atoms with E-state index in [1.807, 2.05) is 0 Å². The molecule has 2 nitrogen and oxygen atoms in total. The predicted molar refractivity (Wildman–Crippen MR) is 21.4 cm³/mol. The van der Waals surface area contributed by atoms with Crippen LogP contribution in [0.3, 0.4) is 0 Å². The van der Waals surface area contributed by atoms with Crippen LogP contribution in [0.2, 0.25) is 0 Å². The summed E-state index contributed by atoms with van der Waals surface area (Å²) in [6.45, 7) is 1.81. The Balaban J connectivity index is 2.01. The highest BCUT2D eigenvalue weighted by Crippen LogP contribution is 2.06.